The van der Waals surface area contributed by atoms with Crippen molar-refractivity contribution < 1.29 is 9.18 Å². The maximum atomic E-state index is 13.5. The van der Waals surface area contributed by atoms with Crippen LogP contribution in [-0.2, 0) is 0 Å². The molecule has 1 aromatic rings. The van der Waals surface area contributed by atoms with Crippen molar-refractivity contribution in [2.45, 2.75) is 44.6 Å². The zero-order valence-corrected chi connectivity index (χ0v) is 12.7. The summed E-state index contributed by atoms with van der Waals surface area (Å²) in [6, 6.07) is 4.85. The van der Waals surface area contributed by atoms with Gasteiger partial charge in [-0.3, -0.25) is 4.79 Å². The topological polar surface area (TPSA) is 20.3 Å². The lowest BCUT2D eigenvalue weighted by atomic mass is 10.1. The van der Waals surface area contributed by atoms with Gasteiger partial charge in [-0.05, 0) is 47.0 Å². The van der Waals surface area contributed by atoms with Crippen molar-refractivity contribution in [1.82, 2.24) is 4.90 Å². The number of benzene rings is 1. The summed E-state index contributed by atoms with van der Waals surface area (Å²) in [5, 5.41) is 0. The molecule has 0 bridgehead atoms. The Morgan fingerprint density at radius 1 is 1.26 bits per heavy atom. The van der Waals surface area contributed by atoms with E-state index >= 15 is 0 Å². The highest BCUT2D eigenvalue weighted by Crippen LogP contribution is 2.23. The van der Waals surface area contributed by atoms with Crippen LogP contribution in [0.2, 0.25) is 0 Å². The van der Waals surface area contributed by atoms with E-state index in [1.807, 2.05) is 7.05 Å². The predicted molar refractivity (Wildman–Crippen MR) is 77.7 cm³/mol. The Hall–Kier alpha value is -0.900. The molecule has 0 saturated heterocycles. The largest absolute Gasteiger partial charge is 0.339 e. The normalized spacial score (nSPS) is 17.0. The Morgan fingerprint density at radius 3 is 2.47 bits per heavy atom. The molecule has 19 heavy (non-hydrogen) atoms. The van der Waals surface area contributed by atoms with Gasteiger partial charge in [0.15, 0.2) is 0 Å². The molecule has 0 heterocycles. The fraction of sp³-hybridized carbons (Fsp3) is 0.533. The highest BCUT2D eigenvalue weighted by molar-refractivity contribution is 9.10. The second-order valence-corrected chi connectivity index (χ2v) is 6.04. The molecule has 1 amide bonds. The van der Waals surface area contributed by atoms with Gasteiger partial charge in [0, 0.05) is 18.7 Å². The van der Waals surface area contributed by atoms with E-state index in [0.717, 1.165) is 12.8 Å². The standard InChI is InChI=1S/C15H19BrFNO/c1-18(12-6-4-2-3-5-7-12)15(19)11-8-9-13(16)14(17)10-11/h8-10,12H,2-7H2,1H3. The quantitative estimate of drug-likeness (QED) is 0.738. The van der Waals surface area contributed by atoms with Gasteiger partial charge >= 0.3 is 0 Å². The summed E-state index contributed by atoms with van der Waals surface area (Å²) in [4.78, 5) is 14.1. The fourth-order valence-corrected chi connectivity index (χ4v) is 2.89. The SMILES string of the molecule is CN(C(=O)c1ccc(Br)c(F)c1)C1CCCCCC1. The molecule has 0 radical (unpaired) electrons. The van der Waals surface area contributed by atoms with Gasteiger partial charge in [-0.25, -0.2) is 4.39 Å². The van der Waals surface area contributed by atoms with Crippen LogP contribution in [0.1, 0.15) is 48.9 Å². The zero-order chi connectivity index (χ0) is 13.8. The highest BCUT2D eigenvalue weighted by Gasteiger charge is 2.22. The number of halogens is 2. The Kier molecular flexibility index (Phi) is 4.97. The van der Waals surface area contributed by atoms with Gasteiger partial charge in [0.2, 0.25) is 0 Å². The van der Waals surface area contributed by atoms with Gasteiger partial charge in [-0.2, -0.15) is 0 Å². The maximum absolute atomic E-state index is 13.5. The zero-order valence-electron chi connectivity index (χ0n) is 11.2. The minimum absolute atomic E-state index is 0.0849. The molecule has 1 aromatic carbocycles. The summed E-state index contributed by atoms with van der Waals surface area (Å²) in [5.41, 5.74) is 0.424. The highest BCUT2D eigenvalue weighted by atomic mass is 79.9. The molecule has 4 heteroatoms. The summed E-state index contributed by atoms with van der Waals surface area (Å²) in [6.45, 7) is 0. The third-order valence-electron chi connectivity index (χ3n) is 3.86. The van der Waals surface area contributed by atoms with Crippen molar-refractivity contribution >= 4 is 21.8 Å². The number of carbonyl (C=O) groups excluding carboxylic acids is 1. The van der Waals surface area contributed by atoms with E-state index < -0.39 is 0 Å². The molecule has 0 aliphatic heterocycles. The number of carbonyl (C=O) groups is 1. The van der Waals surface area contributed by atoms with Gasteiger partial charge in [-0.15, -0.1) is 0 Å². The van der Waals surface area contributed by atoms with E-state index in [1.165, 1.54) is 31.7 Å². The summed E-state index contributed by atoms with van der Waals surface area (Å²) in [6.07, 6.45) is 6.98. The van der Waals surface area contributed by atoms with E-state index in [4.69, 9.17) is 0 Å². The van der Waals surface area contributed by atoms with Crippen LogP contribution >= 0.6 is 15.9 Å². The summed E-state index contributed by atoms with van der Waals surface area (Å²) < 4.78 is 13.9. The van der Waals surface area contributed by atoms with Crippen molar-refractivity contribution in [1.29, 1.82) is 0 Å². The van der Waals surface area contributed by atoms with Crippen LogP contribution in [0, 0.1) is 5.82 Å². The maximum Gasteiger partial charge on any atom is 0.253 e. The molecule has 1 saturated carbocycles. The van der Waals surface area contributed by atoms with Crippen LogP contribution in [0.3, 0.4) is 0 Å². The average Bonchev–Trinajstić information content (AvgIpc) is 2.69. The van der Waals surface area contributed by atoms with Crippen molar-refractivity contribution in [3.05, 3.63) is 34.1 Å². The number of hydrogen-bond donors (Lipinski definition) is 0. The van der Waals surface area contributed by atoms with E-state index in [9.17, 15) is 9.18 Å². The van der Waals surface area contributed by atoms with Gasteiger partial charge in [0.25, 0.3) is 5.91 Å². The number of hydrogen-bond acceptors (Lipinski definition) is 1. The average molecular weight is 328 g/mol. The molecule has 1 aliphatic carbocycles. The Bertz CT molecular complexity index is 455. The summed E-state index contributed by atoms with van der Waals surface area (Å²) in [7, 11) is 1.83. The number of amides is 1. The fourth-order valence-electron chi connectivity index (χ4n) is 2.64. The van der Waals surface area contributed by atoms with Crippen molar-refractivity contribution in [2.75, 3.05) is 7.05 Å². The summed E-state index contributed by atoms with van der Waals surface area (Å²) in [5.74, 6) is -0.474. The Labute approximate surface area is 122 Å². The Balaban J connectivity index is 2.10. The molecular weight excluding hydrogens is 309 g/mol. The third kappa shape index (κ3) is 3.56. The predicted octanol–water partition coefficient (Wildman–Crippen LogP) is 4.38. The van der Waals surface area contributed by atoms with Crippen LogP contribution in [0.15, 0.2) is 22.7 Å². The molecule has 0 unspecified atom stereocenters. The molecule has 0 spiro atoms. The van der Waals surface area contributed by atoms with Crippen LogP contribution in [0.4, 0.5) is 4.39 Å². The lowest BCUT2D eigenvalue weighted by Gasteiger charge is -2.27. The number of nitrogens with zero attached hydrogens (tertiary/aromatic N) is 1. The lowest BCUT2D eigenvalue weighted by molar-refractivity contribution is 0.0717. The first-order valence-corrected chi connectivity index (χ1v) is 7.61. The molecule has 2 rings (SSSR count). The van der Waals surface area contributed by atoms with Crippen molar-refractivity contribution in [3.63, 3.8) is 0 Å². The van der Waals surface area contributed by atoms with Crippen LogP contribution in [-0.4, -0.2) is 23.9 Å². The first kappa shape index (κ1) is 14.5. The van der Waals surface area contributed by atoms with E-state index in [1.54, 1.807) is 17.0 Å². The molecule has 0 aromatic heterocycles. The first-order chi connectivity index (χ1) is 9.09. The lowest BCUT2D eigenvalue weighted by Crippen LogP contribution is -2.36. The Morgan fingerprint density at radius 2 is 1.89 bits per heavy atom. The first-order valence-electron chi connectivity index (χ1n) is 6.82. The van der Waals surface area contributed by atoms with E-state index in [0.29, 0.717) is 16.1 Å². The van der Waals surface area contributed by atoms with Gasteiger partial charge < -0.3 is 4.90 Å². The van der Waals surface area contributed by atoms with Crippen molar-refractivity contribution in [3.8, 4) is 0 Å². The molecule has 0 atom stereocenters. The minimum Gasteiger partial charge on any atom is -0.339 e. The molecule has 1 aliphatic rings. The molecule has 1 fully saturated rings. The smallest absolute Gasteiger partial charge is 0.253 e. The van der Waals surface area contributed by atoms with E-state index in [-0.39, 0.29) is 11.7 Å². The van der Waals surface area contributed by atoms with Crippen molar-refractivity contribution in [2.24, 2.45) is 0 Å². The van der Waals surface area contributed by atoms with Gasteiger partial charge in [0.05, 0.1) is 4.47 Å². The van der Waals surface area contributed by atoms with Crippen LogP contribution in [0.5, 0.6) is 0 Å². The number of rotatable bonds is 2. The second kappa shape index (κ2) is 6.51. The van der Waals surface area contributed by atoms with Gasteiger partial charge in [0.1, 0.15) is 5.82 Å². The van der Waals surface area contributed by atoms with Gasteiger partial charge in [-0.1, -0.05) is 25.7 Å². The second-order valence-electron chi connectivity index (χ2n) is 5.19. The summed E-state index contributed by atoms with van der Waals surface area (Å²) >= 11 is 3.10. The monoisotopic (exact) mass is 327 g/mol. The van der Waals surface area contributed by atoms with Crippen LogP contribution in [0.25, 0.3) is 0 Å². The molecule has 0 N–H and O–H groups in total. The third-order valence-corrected chi connectivity index (χ3v) is 4.50. The molecule has 104 valence electrons. The molecular formula is C15H19BrFNO. The molecule has 2 nitrogen and oxygen atoms in total. The van der Waals surface area contributed by atoms with Crippen LogP contribution < -0.4 is 0 Å². The minimum atomic E-state index is -0.389. The van der Waals surface area contributed by atoms with E-state index in [2.05, 4.69) is 15.9 Å².